The number of rotatable bonds is 3. The standard InChI is InChI=1S/C14H11F4N3/c1-21-8-9(4-11(21)6-19)7-20-13-5-10(14(16,17)18)2-3-12(13)15/h2-5,8,20H,7H2,1H3. The van der Waals surface area contributed by atoms with Crippen molar-refractivity contribution in [3.63, 3.8) is 0 Å². The van der Waals surface area contributed by atoms with E-state index in [1.54, 1.807) is 23.9 Å². The van der Waals surface area contributed by atoms with Crippen LogP contribution in [-0.4, -0.2) is 4.57 Å². The molecule has 0 fully saturated rings. The highest BCUT2D eigenvalue weighted by molar-refractivity contribution is 5.48. The normalized spacial score (nSPS) is 11.2. The lowest BCUT2D eigenvalue weighted by Gasteiger charge is -2.11. The highest BCUT2D eigenvalue weighted by Gasteiger charge is 2.31. The number of aryl methyl sites for hydroxylation is 1. The van der Waals surface area contributed by atoms with Gasteiger partial charge in [0, 0.05) is 19.8 Å². The SMILES string of the molecule is Cn1cc(CNc2cc(C(F)(F)F)ccc2F)cc1C#N. The first-order valence-electron chi connectivity index (χ1n) is 5.97. The van der Waals surface area contributed by atoms with Gasteiger partial charge >= 0.3 is 6.18 Å². The Balaban J connectivity index is 2.18. The third kappa shape index (κ3) is 3.34. The number of anilines is 1. The molecular formula is C14H11F4N3. The van der Waals surface area contributed by atoms with E-state index in [4.69, 9.17) is 5.26 Å². The van der Waals surface area contributed by atoms with Gasteiger partial charge in [-0.25, -0.2) is 4.39 Å². The minimum Gasteiger partial charge on any atom is -0.379 e. The molecule has 110 valence electrons. The number of hydrogen-bond acceptors (Lipinski definition) is 2. The fourth-order valence-electron chi connectivity index (χ4n) is 1.88. The molecule has 0 aliphatic carbocycles. The van der Waals surface area contributed by atoms with E-state index in [-0.39, 0.29) is 12.2 Å². The topological polar surface area (TPSA) is 40.8 Å². The zero-order chi connectivity index (χ0) is 15.6. The van der Waals surface area contributed by atoms with E-state index in [9.17, 15) is 17.6 Å². The maximum Gasteiger partial charge on any atom is 0.416 e. The number of nitriles is 1. The Morgan fingerprint density at radius 3 is 2.57 bits per heavy atom. The molecular weight excluding hydrogens is 286 g/mol. The van der Waals surface area contributed by atoms with E-state index in [1.165, 1.54) is 0 Å². The minimum atomic E-state index is -4.52. The van der Waals surface area contributed by atoms with Crippen LogP contribution in [0.2, 0.25) is 0 Å². The van der Waals surface area contributed by atoms with Crippen molar-refractivity contribution in [3.05, 3.63) is 53.1 Å². The molecule has 0 saturated carbocycles. The molecule has 1 aromatic heterocycles. The van der Waals surface area contributed by atoms with Crippen molar-refractivity contribution in [2.75, 3.05) is 5.32 Å². The number of hydrogen-bond donors (Lipinski definition) is 1. The third-order valence-electron chi connectivity index (χ3n) is 2.95. The lowest BCUT2D eigenvalue weighted by atomic mass is 10.2. The molecule has 0 bridgehead atoms. The van der Waals surface area contributed by atoms with Gasteiger partial charge in [0.2, 0.25) is 0 Å². The lowest BCUT2D eigenvalue weighted by molar-refractivity contribution is -0.137. The fraction of sp³-hybridized carbons (Fsp3) is 0.214. The lowest BCUT2D eigenvalue weighted by Crippen LogP contribution is -2.07. The number of nitrogens with zero attached hydrogens (tertiary/aromatic N) is 2. The largest absolute Gasteiger partial charge is 0.416 e. The van der Waals surface area contributed by atoms with Crippen LogP contribution in [-0.2, 0) is 19.8 Å². The molecule has 2 rings (SSSR count). The molecule has 0 atom stereocenters. The van der Waals surface area contributed by atoms with Crippen molar-refractivity contribution < 1.29 is 17.6 Å². The third-order valence-corrected chi connectivity index (χ3v) is 2.95. The molecule has 0 saturated heterocycles. The zero-order valence-corrected chi connectivity index (χ0v) is 11.0. The summed E-state index contributed by atoms with van der Waals surface area (Å²) >= 11 is 0. The number of nitrogens with one attached hydrogen (secondary N) is 1. The monoisotopic (exact) mass is 297 g/mol. The Hall–Kier alpha value is -2.49. The Labute approximate surface area is 118 Å². The number of aromatic nitrogens is 1. The summed E-state index contributed by atoms with van der Waals surface area (Å²) in [6.07, 6.45) is -2.87. The van der Waals surface area contributed by atoms with E-state index in [2.05, 4.69) is 5.32 Å². The van der Waals surface area contributed by atoms with Crippen LogP contribution >= 0.6 is 0 Å². The Kier molecular flexibility index (Phi) is 3.89. The van der Waals surface area contributed by atoms with Gasteiger partial charge < -0.3 is 9.88 Å². The molecule has 7 heteroatoms. The van der Waals surface area contributed by atoms with Crippen LogP contribution < -0.4 is 5.32 Å². The maximum absolute atomic E-state index is 13.5. The molecule has 0 radical (unpaired) electrons. The van der Waals surface area contributed by atoms with E-state index < -0.39 is 17.6 Å². The van der Waals surface area contributed by atoms with Gasteiger partial charge in [0.25, 0.3) is 0 Å². The van der Waals surface area contributed by atoms with Crippen LogP contribution in [0.5, 0.6) is 0 Å². The summed E-state index contributed by atoms with van der Waals surface area (Å²) in [5.41, 5.74) is -0.0634. The second-order valence-corrected chi connectivity index (χ2v) is 4.50. The first kappa shape index (κ1) is 14.9. The van der Waals surface area contributed by atoms with Gasteiger partial charge in [-0.1, -0.05) is 0 Å². The highest BCUT2D eigenvalue weighted by Crippen LogP contribution is 2.31. The van der Waals surface area contributed by atoms with Gasteiger partial charge in [-0.15, -0.1) is 0 Å². The average molecular weight is 297 g/mol. The molecule has 1 aromatic carbocycles. The summed E-state index contributed by atoms with van der Waals surface area (Å²) in [6.45, 7) is 0.119. The van der Waals surface area contributed by atoms with Crippen molar-refractivity contribution in [2.45, 2.75) is 12.7 Å². The molecule has 2 aromatic rings. The van der Waals surface area contributed by atoms with Crippen LogP contribution in [0.4, 0.5) is 23.2 Å². The number of benzene rings is 1. The highest BCUT2D eigenvalue weighted by atomic mass is 19.4. The summed E-state index contributed by atoms with van der Waals surface area (Å²) in [5.74, 6) is -0.764. The molecule has 0 amide bonds. The molecule has 0 spiro atoms. The first-order valence-corrected chi connectivity index (χ1v) is 5.97. The predicted molar refractivity (Wildman–Crippen MR) is 68.9 cm³/mol. The molecule has 0 aliphatic rings. The Morgan fingerprint density at radius 1 is 1.29 bits per heavy atom. The molecule has 0 unspecified atom stereocenters. The van der Waals surface area contributed by atoms with Crippen LogP contribution in [0.3, 0.4) is 0 Å². The van der Waals surface area contributed by atoms with Crippen LogP contribution in [0.25, 0.3) is 0 Å². The smallest absolute Gasteiger partial charge is 0.379 e. The molecule has 3 nitrogen and oxygen atoms in total. The maximum atomic E-state index is 13.5. The van der Waals surface area contributed by atoms with Gasteiger partial charge in [-0.2, -0.15) is 18.4 Å². The second-order valence-electron chi connectivity index (χ2n) is 4.50. The van der Waals surface area contributed by atoms with Gasteiger partial charge in [0.1, 0.15) is 17.6 Å². The summed E-state index contributed by atoms with van der Waals surface area (Å²) in [5, 5.41) is 11.4. The first-order chi connectivity index (χ1) is 9.81. The van der Waals surface area contributed by atoms with Crippen molar-refractivity contribution >= 4 is 5.69 Å². The average Bonchev–Trinajstić information content (AvgIpc) is 2.77. The second kappa shape index (κ2) is 5.48. The van der Waals surface area contributed by atoms with Crippen molar-refractivity contribution in [2.24, 2.45) is 7.05 Å². The van der Waals surface area contributed by atoms with Gasteiger partial charge in [-0.05, 0) is 29.8 Å². The zero-order valence-electron chi connectivity index (χ0n) is 11.0. The summed E-state index contributed by atoms with van der Waals surface area (Å²) in [4.78, 5) is 0. The molecule has 1 heterocycles. The quantitative estimate of drug-likeness (QED) is 0.878. The van der Waals surface area contributed by atoms with E-state index >= 15 is 0 Å². The van der Waals surface area contributed by atoms with Crippen molar-refractivity contribution in [1.82, 2.24) is 4.57 Å². The summed E-state index contributed by atoms with van der Waals surface area (Å²) in [7, 11) is 1.67. The molecule has 0 aliphatic heterocycles. The summed E-state index contributed by atoms with van der Waals surface area (Å²) < 4.78 is 52.8. The number of alkyl halides is 3. The molecule has 1 N–H and O–H groups in total. The van der Waals surface area contributed by atoms with Crippen LogP contribution in [0.1, 0.15) is 16.8 Å². The van der Waals surface area contributed by atoms with Crippen LogP contribution in [0.15, 0.2) is 30.5 Å². The van der Waals surface area contributed by atoms with E-state index in [0.29, 0.717) is 17.3 Å². The predicted octanol–water partition coefficient (Wildman–Crippen LogP) is 3.67. The van der Waals surface area contributed by atoms with E-state index in [1.807, 2.05) is 6.07 Å². The minimum absolute atomic E-state index is 0.119. The van der Waals surface area contributed by atoms with Crippen molar-refractivity contribution in [1.29, 1.82) is 5.26 Å². The molecule has 21 heavy (non-hydrogen) atoms. The van der Waals surface area contributed by atoms with Gasteiger partial charge in [0.15, 0.2) is 0 Å². The number of halogens is 4. The van der Waals surface area contributed by atoms with E-state index in [0.717, 1.165) is 12.1 Å². The Morgan fingerprint density at radius 2 is 2.00 bits per heavy atom. The van der Waals surface area contributed by atoms with Gasteiger partial charge in [-0.3, -0.25) is 0 Å². The Bertz CT molecular complexity index is 695. The van der Waals surface area contributed by atoms with Crippen molar-refractivity contribution in [3.8, 4) is 6.07 Å². The van der Waals surface area contributed by atoms with Crippen LogP contribution in [0, 0.1) is 17.1 Å². The fourth-order valence-corrected chi connectivity index (χ4v) is 1.88. The van der Waals surface area contributed by atoms with Gasteiger partial charge in [0.05, 0.1) is 11.3 Å². The summed E-state index contributed by atoms with van der Waals surface area (Å²) in [6, 6.07) is 5.74.